The summed E-state index contributed by atoms with van der Waals surface area (Å²) in [5.41, 5.74) is 1.55. The van der Waals surface area contributed by atoms with Crippen molar-refractivity contribution < 1.29 is 14.3 Å². The molecule has 0 aliphatic heterocycles. The van der Waals surface area contributed by atoms with E-state index < -0.39 is 6.04 Å². The van der Waals surface area contributed by atoms with Gasteiger partial charge in [0.1, 0.15) is 5.75 Å². The molecule has 2 aromatic rings. The van der Waals surface area contributed by atoms with Crippen LogP contribution < -0.4 is 15.4 Å². The molecule has 0 radical (unpaired) electrons. The number of rotatable bonds is 7. The van der Waals surface area contributed by atoms with Gasteiger partial charge in [0.05, 0.1) is 25.4 Å². The average Bonchev–Trinajstić information content (AvgIpc) is 2.91. The van der Waals surface area contributed by atoms with Crippen molar-refractivity contribution in [3.05, 3.63) is 34.8 Å². The third-order valence-corrected chi connectivity index (χ3v) is 5.03. The lowest BCUT2D eigenvalue weighted by Crippen LogP contribution is -2.43. The van der Waals surface area contributed by atoms with Crippen LogP contribution in [0, 0.1) is 13.8 Å². The first-order chi connectivity index (χ1) is 12.3. The normalized spacial score (nSPS) is 11.9. The summed E-state index contributed by atoms with van der Waals surface area (Å²) in [6, 6.07) is 6.64. The van der Waals surface area contributed by atoms with Crippen LogP contribution in [0.5, 0.6) is 5.75 Å². The second kappa shape index (κ2) is 8.77. The molecule has 0 aliphatic rings. The van der Waals surface area contributed by atoms with Gasteiger partial charge in [-0.3, -0.25) is 14.5 Å². The highest BCUT2D eigenvalue weighted by atomic mass is 32.1. The number of aryl methyl sites for hydroxylation is 2. The first-order valence-electron chi connectivity index (χ1n) is 8.19. The van der Waals surface area contributed by atoms with E-state index in [0.717, 1.165) is 10.6 Å². The summed E-state index contributed by atoms with van der Waals surface area (Å²) in [4.78, 5) is 31.6. The third kappa shape index (κ3) is 5.27. The van der Waals surface area contributed by atoms with Crippen LogP contribution in [-0.2, 0) is 9.59 Å². The molecule has 2 rings (SSSR count). The lowest BCUT2D eigenvalue weighted by Gasteiger charge is -2.22. The van der Waals surface area contributed by atoms with Gasteiger partial charge in [0.25, 0.3) is 0 Å². The van der Waals surface area contributed by atoms with E-state index in [1.807, 2.05) is 13.8 Å². The molecule has 1 aromatic carbocycles. The fourth-order valence-electron chi connectivity index (χ4n) is 2.20. The number of carbonyl (C=O) groups is 2. The lowest BCUT2D eigenvalue weighted by molar-refractivity contribution is -0.122. The van der Waals surface area contributed by atoms with Crippen LogP contribution >= 0.6 is 11.3 Å². The summed E-state index contributed by atoms with van der Waals surface area (Å²) < 4.78 is 5.13. The Hall–Kier alpha value is -2.45. The van der Waals surface area contributed by atoms with E-state index in [4.69, 9.17) is 4.74 Å². The molecule has 1 heterocycles. The Morgan fingerprint density at radius 2 is 2.04 bits per heavy atom. The molecule has 140 valence electrons. The van der Waals surface area contributed by atoms with Gasteiger partial charge in [0.2, 0.25) is 11.8 Å². The van der Waals surface area contributed by atoms with Crippen molar-refractivity contribution in [2.24, 2.45) is 0 Å². The molecule has 8 heteroatoms. The van der Waals surface area contributed by atoms with Crippen LogP contribution in [-0.4, -0.2) is 48.4 Å². The number of anilines is 2. The first-order valence-corrected chi connectivity index (χ1v) is 9.01. The van der Waals surface area contributed by atoms with Crippen molar-refractivity contribution in [2.45, 2.75) is 26.8 Å². The second-order valence-electron chi connectivity index (χ2n) is 6.02. The van der Waals surface area contributed by atoms with Crippen LogP contribution in [0.4, 0.5) is 10.8 Å². The van der Waals surface area contributed by atoms with Crippen LogP contribution in [0.1, 0.15) is 17.5 Å². The number of amides is 2. The molecule has 0 saturated heterocycles. The zero-order chi connectivity index (χ0) is 19.3. The standard InChI is InChI=1S/C18H24N4O3S/c1-11-13(3)26-18(19-11)21-17(24)12(2)22(4)10-16(23)20-14-7-6-8-15(9-14)25-5/h6-9,12H,10H2,1-5H3,(H,20,23)(H,19,21,24). The lowest BCUT2D eigenvalue weighted by atomic mass is 10.2. The Morgan fingerprint density at radius 3 is 2.65 bits per heavy atom. The quantitative estimate of drug-likeness (QED) is 0.776. The maximum Gasteiger partial charge on any atom is 0.243 e. The maximum atomic E-state index is 12.4. The molecular weight excluding hydrogens is 352 g/mol. The molecule has 26 heavy (non-hydrogen) atoms. The first kappa shape index (κ1) is 19.9. The monoisotopic (exact) mass is 376 g/mol. The topological polar surface area (TPSA) is 83.6 Å². The van der Waals surface area contributed by atoms with E-state index in [9.17, 15) is 9.59 Å². The zero-order valence-corrected chi connectivity index (χ0v) is 16.4. The number of ether oxygens (including phenoxy) is 1. The van der Waals surface area contributed by atoms with E-state index in [1.165, 1.54) is 11.3 Å². The Bertz CT molecular complexity index is 771. The summed E-state index contributed by atoms with van der Waals surface area (Å²) in [5, 5.41) is 6.18. The number of carbonyl (C=O) groups excluding carboxylic acids is 2. The van der Waals surface area contributed by atoms with Gasteiger partial charge in [-0.25, -0.2) is 4.98 Å². The molecule has 1 aromatic heterocycles. The van der Waals surface area contributed by atoms with E-state index in [1.54, 1.807) is 50.2 Å². The Morgan fingerprint density at radius 1 is 1.31 bits per heavy atom. The minimum Gasteiger partial charge on any atom is -0.497 e. The van der Waals surface area contributed by atoms with E-state index >= 15 is 0 Å². The molecule has 7 nitrogen and oxygen atoms in total. The van der Waals surface area contributed by atoms with Crippen molar-refractivity contribution >= 4 is 34.0 Å². The summed E-state index contributed by atoms with van der Waals surface area (Å²) in [7, 11) is 3.30. The smallest absolute Gasteiger partial charge is 0.243 e. The summed E-state index contributed by atoms with van der Waals surface area (Å²) >= 11 is 1.44. The number of methoxy groups -OCH3 is 1. The number of nitrogens with zero attached hydrogens (tertiary/aromatic N) is 2. The molecule has 0 spiro atoms. The van der Waals surface area contributed by atoms with Crippen molar-refractivity contribution in [1.29, 1.82) is 0 Å². The van der Waals surface area contributed by atoms with Gasteiger partial charge in [-0.05, 0) is 40.0 Å². The van der Waals surface area contributed by atoms with Gasteiger partial charge in [-0.1, -0.05) is 6.07 Å². The van der Waals surface area contributed by atoms with Crippen LogP contribution in [0.25, 0.3) is 0 Å². The molecule has 0 bridgehead atoms. The highest BCUT2D eigenvalue weighted by molar-refractivity contribution is 7.15. The van der Waals surface area contributed by atoms with Crippen LogP contribution in [0.3, 0.4) is 0 Å². The van der Waals surface area contributed by atoms with Crippen molar-refractivity contribution in [1.82, 2.24) is 9.88 Å². The minimum atomic E-state index is -0.476. The Balaban J connectivity index is 1.89. The number of likely N-dealkylation sites (N-methyl/N-ethyl adjacent to an activating group) is 1. The average molecular weight is 376 g/mol. The maximum absolute atomic E-state index is 12.4. The summed E-state index contributed by atoms with van der Waals surface area (Å²) in [6.45, 7) is 5.70. The van der Waals surface area contributed by atoms with Crippen LogP contribution in [0.15, 0.2) is 24.3 Å². The van der Waals surface area contributed by atoms with Gasteiger partial charge in [0.15, 0.2) is 5.13 Å². The predicted molar refractivity (Wildman–Crippen MR) is 104 cm³/mol. The highest BCUT2D eigenvalue weighted by Crippen LogP contribution is 2.21. The Kier molecular flexibility index (Phi) is 6.70. The van der Waals surface area contributed by atoms with E-state index in [-0.39, 0.29) is 18.4 Å². The van der Waals surface area contributed by atoms with Crippen LogP contribution in [0.2, 0.25) is 0 Å². The van der Waals surface area contributed by atoms with Gasteiger partial charge in [-0.15, -0.1) is 11.3 Å². The fourth-order valence-corrected chi connectivity index (χ4v) is 3.02. The number of benzene rings is 1. The number of thiazole rings is 1. The summed E-state index contributed by atoms with van der Waals surface area (Å²) in [6.07, 6.45) is 0. The molecular formula is C18H24N4O3S. The molecule has 1 unspecified atom stereocenters. The van der Waals surface area contributed by atoms with E-state index in [2.05, 4.69) is 15.6 Å². The van der Waals surface area contributed by atoms with E-state index in [0.29, 0.717) is 16.6 Å². The van der Waals surface area contributed by atoms with Crippen molar-refractivity contribution in [2.75, 3.05) is 31.3 Å². The third-order valence-electron chi connectivity index (χ3n) is 4.05. The number of aromatic nitrogens is 1. The second-order valence-corrected chi connectivity index (χ2v) is 7.22. The highest BCUT2D eigenvalue weighted by Gasteiger charge is 2.21. The SMILES string of the molecule is COc1cccc(NC(=O)CN(C)C(C)C(=O)Nc2nc(C)c(C)s2)c1. The minimum absolute atomic E-state index is 0.0850. The van der Waals surface area contributed by atoms with Gasteiger partial charge in [-0.2, -0.15) is 0 Å². The largest absolute Gasteiger partial charge is 0.497 e. The van der Waals surface area contributed by atoms with Crippen molar-refractivity contribution in [3.8, 4) is 5.75 Å². The Labute approximate surface area is 157 Å². The zero-order valence-electron chi connectivity index (χ0n) is 15.6. The fraction of sp³-hybridized carbons (Fsp3) is 0.389. The predicted octanol–water partition coefficient (Wildman–Crippen LogP) is 2.67. The molecule has 0 fully saturated rings. The van der Waals surface area contributed by atoms with Crippen molar-refractivity contribution in [3.63, 3.8) is 0 Å². The molecule has 2 amide bonds. The molecule has 0 saturated carbocycles. The summed E-state index contributed by atoms with van der Waals surface area (Å²) in [5.74, 6) is 0.259. The number of hydrogen-bond donors (Lipinski definition) is 2. The molecule has 2 N–H and O–H groups in total. The van der Waals surface area contributed by atoms with Gasteiger partial charge < -0.3 is 15.4 Å². The number of hydrogen-bond acceptors (Lipinski definition) is 6. The number of nitrogens with one attached hydrogen (secondary N) is 2. The van der Waals surface area contributed by atoms with Gasteiger partial charge >= 0.3 is 0 Å². The molecule has 1 atom stereocenters. The molecule has 0 aliphatic carbocycles. The van der Waals surface area contributed by atoms with Gasteiger partial charge in [0, 0.05) is 16.6 Å².